The number of carboxylic acid groups (broad SMARTS) is 1. The largest absolute Gasteiger partial charge is 0.480 e. The van der Waals surface area contributed by atoms with Gasteiger partial charge in [-0.3, -0.25) is 9.59 Å². The Morgan fingerprint density at radius 3 is 2.67 bits per heavy atom. The minimum atomic E-state index is -1.02. The number of nitrogens with zero attached hydrogens (tertiary/aromatic N) is 1. The standard InChI is InChI=1S/C13H18N2O3/c1-2-7-15(9-11(16)17)12(18)10-8-13(10)3-5-14-6-4-13/h1,10,14H,3-9H2,(H,16,17). The van der Waals surface area contributed by atoms with Crippen LogP contribution in [0.2, 0.25) is 0 Å². The average molecular weight is 250 g/mol. The average Bonchev–Trinajstić information content (AvgIpc) is 3.02. The summed E-state index contributed by atoms with van der Waals surface area (Å²) < 4.78 is 0. The molecular weight excluding hydrogens is 232 g/mol. The van der Waals surface area contributed by atoms with E-state index in [9.17, 15) is 9.59 Å². The maximum absolute atomic E-state index is 12.3. The molecule has 1 atom stereocenters. The highest BCUT2D eigenvalue weighted by Crippen LogP contribution is 2.59. The van der Waals surface area contributed by atoms with Crippen LogP contribution in [0.15, 0.2) is 0 Å². The van der Waals surface area contributed by atoms with E-state index in [4.69, 9.17) is 11.5 Å². The number of amides is 1. The Balaban J connectivity index is 1.98. The molecule has 1 aliphatic carbocycles. The lowest BCUT2D eigenvalue weighted by molar-refractivity contribution is -0.145. The lowest BCUT2D eigenvalue weighted by atomic mass is 9.91. The van der Waals surface area contributed by atoms with E-state index in [0.29, 0.717) is 0 Å². The molecule has 1 saturated heterocycles. The molecule has 2 N–H and O–H groups in total. The number of carbonyl (C=O) groups excluding carboxylic acids is 1. The monoisotopic (exact) mass is 250 g/mol. The number of rotatable bonds is 4. The number of hydrogen-bond donors (Lipinski definition) is 2. The van der Waals surface area contributed by atoms with Gasteiger partial charge >= 0.3 is 5.97 Å². The van der Waals surface area contributed by atoms with Crippen LogP contribution in [-0.2, 0) is 9.59 Å². The van der Waals surface area contributed by atoms with Crippen molar-refractivity contribution in [3.8, 4) is 12.3 Å². The first-order valence-corrected chi connectivity index (χ1v) is 6.24. The Hall–Kier alpha value is -1.54. The second kappa shape index (κ2) is 4.99. The van der Waals surface area contributed by atoms with Gasteiger partial charge in [-0.25, -0.2) is 0 Å². The number of hydrogen-bond acceptors (Lipinski definition) is 3. The molecule has 1 spiro atoms. The molecule has 0 bridgehead atoms. The molecule has 1 aliphatic heterocycles. The summed E-state index contributed by atoms with van der Waals surface area (Å²) >= 11 is 0. The zero-order chi connectivity index (χ0) is 13.2. The van der Waals surface area contributed by atoms with Crippen LogP contribution in [0.5, 0.6) is 0 Å². The molecule has 0 aromatic heterocycles. The van der Waals surface area contributed by atoms with Gasteiger partial charge in [-0.15, -0.1) is 6.42 Å². The minimum absolute atomic E-state index is 0.0210. The Morgan fingerprint density at radius 2 is 2.11 bits per heavy atom. The van der Waals surface area contributed by atoms with E-state index in [2.05, 4.69) is 11.2 Å². The van der Waals surface area contributed by atoms with E-state index in [1.165, 1.54) is 4.90 Å². The predicted molar refractivity (Wildman–Crippen MR) is 65.7 cm³/mol. The van der Waals surface area contributed by atoms with Gasteiger partial charge in [0.05, 0.1) is 6.54 Å². The Morgan fingerprint density at radius 1 is 1.44 bits per heavy atom. The normalized spacial score (nSPS) is 24.3. The third-order valence-electron chi connectivity index (χ3n) is 4.01. The van der Waals surface area contributed by atoms with E-state index in [1.54, 1.807) is 0 Å². The van der Waals surface area contributed by atoms with Crippen molar-refractivity contribution in [2.45, 2.75) is 19.3 Å². The van der Waals surface area contributed by atoms with Gasteiger partial charge in [-0.1, -0.05) is 5.92 Å². The summed E-state index contributed by atoms with van der Waals surface area (Å²) in [6.45, 7) is 1.67. The van der Waals surface area contributed by atoms with Gasteiger partial charge < -0.3 is 15.3 Å². The molecule has 18 heavy (non-hydrogen) atoms. The fourth-order valence-corrected chi connectivity index (χ4v) is 2.88. The van der Waals surface area contributed by atoms with Crippen LogP contribution in [0.3, 0.4) is 0 Å². The molecule has 2 fully saturated rings. The molecule has 5 nitrogen and oxygen atoms in total. The zero-order valence-corrected chi connectivity index (χ0v) is 10.3. The maximum atomic E-state index is 12.3. The van der Waals surface area contributed by atoms with Crippen molar-refractivity contribution in [3.05, 3.63) is 0 Å². The van der Waals surface area contributed by atoms with Gasteiger partial charge in [-0.05, 0) is 37.8 Å². The molecule has 1 unspecified atom stereocenters. The van der Waals surface area contributed by atoms with Crippen LogP contribution in [0, 0.1) is 23.7 Å². The highest BCUT2D eigenvalue weighted by molar-refractivity contribution is 5.86. The molecule has 2 rings (SSSR count). The fourth-order valence-electron chi connectivity index (χ4n) is 2.88. The summed E-state index contributed by atoms with van der Waals surface area (Å²) in [7, 11) is 0. The summed E-state index contributed by atoms with van der Waals surface area (Å²) in [4.78, 5) is 24.3. The predicted octanol–water partition coefficient (Wildman–Crippen LogP) is -0.0775. The Kier molecular flexibility index (Phi) is 3.58. The second-order valence-electron chi connectivity index (χ2n) is 5.16. The molecule has 1 heterocycles. The highest BCUT2D eigenvalue weighted by atomic mass is 16.4. The van der Waals surface area contributed by atoms with E-state index >= 15 is 0 Å². The second-order valence-corrected chi connectivity index (χ2v) is 5.16. The number of nitrogens with one attached hydrogen (secondary N) is 1. The van der Waals surface area contributed by atoms with Crippen molar-refractivity contribution in [2.24, 2.45) is 11.3 Å². The van der Waals surface area contributed by atoms with Crippen LogP contribution in [0.4, 0.5) is 0 Å². The quantitative estimate of drug-likeness (QED) is 0.685. The van der Waals surface area contributed by atoms with Crippen molar-refractivity contribution < 1.29 is 14.7 Å². The Bertz CT molecular complexity index is 394. The number of carboxylic acids is 1. The smallest absolute Gasteiger partial charge is 0.323 e. The van der Waals surface area contributed by atoms with Crippen LogP contribution in [0.1, 0.15) is 19.3 Å². The van der Waals surface area contributed by atoms with Crippen LogP contribution in [0.25, 0.3) is 0 Å². The summed E-state index contributed by atoms with van der Waals surface area (Å²) in [5.41, 5.74) is 0.119. The first-order chi connectivity index (χ1) is 8.59. The summed E-state index contributed by atoms with van der Waals surface area (Å²) in [5, 5.41) is 12.1. The van der Waals surface area contributed by atoms with Gasteiger partial charge in [0.25, 0.3) is 0 Å². The topological polar surface area (TPSA) is 69.6 Å². The molecule has 0 aromatic rings. The van der Waals surface area contributed by atoms with Crippen molar-refractivity contribution in [2.75, 3.05) is 26.2 Å². The summed E-state index contributed by atoms with van der Waals surface area (Å²) in [6.07, 6.45) is 8.07. The summed E-state index contributed by atoms with van der Waals surface area (Å²) in [5.74, 6) is 1.24. The third-order valence-corrected chi connectivity index (χ3v) is 4.01. The molecule has 0 radical (unpaired) electrons. The van der Waals surface area contributed by atoms with Crippen LogP contribution in [-0.4, -0.2) is 48.1 Å². The van der Waals surface area contributed by atoms with E-state index in [-0.39, 0.29) is 30.3 Å². The van der Waals surface area contributed by atoms with Crippen molar-refractivity contribution in [1.29, 1.82) is 0 Å². The van der Waals surface area contributed by atoms with Gasteiger partial charge in [-0.2, -0.15) is 0 Å². The van der Waals surface area contributed by atoms with E-state index < -0.39 is 5.97 Å². The molecule has 5 heteroatoms. The van der Waals surface area contributed by atoms with Crippen LogP contribution < -0.4 is 5.32 Å². The number of aliphatic carboxylic acids is 1. The zero-order valence-electron chi connectivity index (χ0n) is 10.3. The van der Waals surface area contributed by atoms with E-state index in [0.717, 1.165) is 32.4 Å². The highest BCUT2D eigenvalue weighted by Gasteiger charge is 2.58. The fraction of sp³-hybridized carbons (Fsp3) is 0.692. The van der Waals surface area contributed by atoms with Crippen molar-refractivity contribution in [3.63, 3.8) is 0 Å². The first-order valence-electron chi connectivity index (χ1n) is 6.24. The van der Waals surface area contributed by atoms with Crippen LogP contribution >= 0.6 is 0 Å². The van der Waals surface area contributed by atoms with Gasteiger partial charge in [0, 0.05) is 5.92 Å². The van der Waals surface area contributed by atoms with Crippen molar-refractivity contribution in [1.82, 2.24) is 10.2 Å². The molecule has 1 amide bonds. The SMILES string of the molecule is C#CCN(CC(=O)O)C(=O)C1CC12CCNCC2. The number of carbonyl (C=O) groups is 2. The maximum Gasteiger partial charge on any atom is 0.323 e. The molecular formula is C13H18N2O3. The van der Waals surface area contributed by atoms with E-state index in [1.807, 2.05) is 0 Å². The van der Waals surface area contributed by atoms with Gasteiger partial charge in [0.1, 0.15) is 6.54 Å². The Labute approximate surface area is 107 Å². The molecule has 1 saturated carbocycles. The van der Waals surface area contributed by atoms with Gasteiger partial charge in [0.2, 0.25) is 5.91 Å². The molecule has 2 aliphatic rings. The number of terminal acetylenes is 1. The van der Waals surface area contributed by atoms with Crippen molar-refractivity contribution >= 4 is 11.9 Å². The first kappa shape index (κ1) is 12.9. The lowest BCUT2D eigenvalue weighted by Crippen LogP contribution is -2.39. The molecule has 98 valence electrons. The number of piperidine rings is 1. The molecule has 0 aromatic carbocycles. The minimum Gasteiger partial charge on any atom is -0.480 e. The third kappa shape index (κ3) is 2.49. The van der Waals surface area contributed by atoms with Gasteiger partial charge in [0.15, 0.2) is 0 Å². The lowest BCUT2D eigenvalue weighted by Gasteiger charge is -2.25. The summed E-state index contributed by atoms with van der Waals surface area (Å²) in [6, 6.07) is 0.